The SMILES string of the molecule is COCCN(CCOC)C(=O)COC(=O)c1c(C)nn(-c2ccccc2)c1C. The summed E-state index contributed by atoms with van der Waals surface area (Å²) in [5.74, 6) is -0.864. The molecule has 0 radical (unpaired) electrons. The lowest BCUT2D eigenvalue weighted by atomic mass is 10.2. The lowest BCUT2D eigenvalue weighted by Gasteiger charge is -2.21. The van der Waals surface area contributed by atoms with E-state index in [0.717, 1.165) is 5.69 Å². The van der Waals surface area contributed by atoms with Crippen LogP contribution in [0.25, 0.3) is 5.69 Å². The van der Waals surface area contributed by atoms with Crippen molar-refractivity contribution >= 4 is 11.9 Å². The van der Waals surface area contributed by atoms with E-state index < -0.39 is 5.97 Å². The van der Waals surface area contributed by atoms with Crippen LogP contribution in [0.1, 0.15) is 21.7 Å². The number of rotatable bonds is 10. The van der Waals surface area contributed by atoms with Crippen molar-refractivity contribution in [3.8, 4) is 5.69 Å². The molecule has 152 valence electrons. The molecule has 0 aliphatic rings. The van der Waals surface area contributed by atoms with Gasteiger partial charge >= 0.3 is 5.97 Å². The van der Waals surface area contributed by atoms with Gasteiger partial charge in [-0.25, -0.2) is 9.48 Å². The van der Waals surface area contributed by atoms with Gasteiger partial charge in [-0.15, -0.1) is 0 Å². The van der Waals surface area contributed by atoms with Gasteiger partial charge in [-0.05, 0) is 26.0 Å². The third-order valence-electron chi connectivity index (χ3n) is 4.31. The second-order valence-corrected chi connectivity index (χ2v) is 6.24. The number of nitrogens with zero attached hydrogens (tertiary/aromatic N) is 3. The molecule has 8 heteroatoms. The summed E-state index contributed by atoms with van der Waals surface area (Å²) in [6.45, 7) is 4.79. The van der Waals surface area contributed by atoms with Crippen LogP contribution in [0.4, 0.5) is 0 Å². The fourth-order valence-electron chi connectivity index (χ4n) is 2.81. The van der Waals surface area contributed by atoms with E-state index >= 15 is 0 Å². The molecule has 0 atom stereocenters. The molecule has 0 bridgehead atoms. The third kappa shape index (κ3) is 5.40. The molecule has 0 saturated carbocycles. The molecule has 1 amide bonds. The van der Waals surface area contributed by atoms with Gasteiger partial charge < -0.3 is 19.1 Å². The number of aromatic nitrogens is 2. The second kappa shape index (κ2) is 10.6. The smallest absolute Gasteiger partial charge is 0.342 e. The molecule has 2 aromatic rings. The Kier molecular flexibility index (Phi) is 8.16. The summed E-state index contributed by atoms with van der Waals surface area (Å²) in [6.07, 6.45) is 0. The molecule has 0 aliphatic heterocycles. The Balaban J connectivity index is 2.06. The summed E-state index contributed by atoms with van der Waals surface area (Å²) < 4.78 is 17.0. The minimum absolute atomic E-state index is 0.298. The highest BCUT2D eigenvalue weighted by molar-refractivity contribution is 5.93. The summed E-state index contributed by atoms with van der Waals surface area (Å²) in [7, 11) is 3.13. The van der Waals surface area contributed by atoms with Gasteiger partial charge in [0.25, 0.3) is 5.91 Å². The topological polar surface area (TPSA) is 82.9 Å². The molecule has 28 heavy (non-hydrogen) atoms. The number of carbonyl (C=O) groups is 2. The lowest BCUT2D eigenvalue weighted by molar-refractivity contribution is -0.135. The summed E-state index contributed by atoms with van der Waals surface area (Å²) in [6, 6.07) is 9.52. The van der Waals surface area contributed by atoms with Crippen LogP contribution in [0.15, 0.2) is 30.3 Å². The Morgan fingerprint density at radius 2 is 1.64 bits per heavy atom. The molecule has 0 unspecified atom stereocenters. The fraction of sp³-hybridized carbons (Fsp3) is 0.450. The van der Waals surface area contributed by atoms with Gasteiger partial charge in [-0.3, -0.25) is 4.79 Å². The van der Waals surface area contributed by atoms with E-state index in [0.29, 0.717) is 43.3 Å². The number of aryl methyl sites for hydroxylation is 1. The quantitative estimate of drug-likeness (QED) is 0.576. The number of hydrogen-bond donors (Lipinski definition) is 0. The first-order valence-electron chi connectivity index (χ1n) is 9.04. The zero-order valence-corrected chi connectivity index (χ0v) is 16.8. The predicted octanol–water partition coefficient (Wildman–Crippen LogP) is 1.77. The molecule has 1 heterocycles. The third-order valence-corrected chi connectivity index (χ3v) is 4.31. The van der Waals surface area contributed by atoms with E-state index in [1.807, 2.05) is 30.3 Å². The summed E-state index contributed by atoms with van der Waals surface area (Å²) in [5, 5.41) is 4.43. The number of methoxy groups -OCH3 is 2. The summed E-state index contributed by atoms with van der Waals surface area (Å²) in [5.41, 5.74) is 2.44. The lowest BCUT2D eigenvalue weighted by Crippen LogP contribution is -2.39. The Morgan fingerprint density at radius 3 is 2.21 bits per heavy atom. The van der Waals surface area contributed by atoms with Crippen molar-refractivity contribution in [2.75, 3.05) is 47.1 Å². The predicted molar refractivity (Wildman–Crippen MR) is 104 cm³/mol. The first kappa shape index (κ1) is 21.6. The largest absolute Gasteiger partial charge is 0.452 e. The monoisotopic (exact) mass is 389 g/mol. The number of para-hydroxylation sites is 1. The minimum Gasteiger partial charge on any atom is -0.452 e. The highest BCUT2D eigenvalue weighted by atomic mass is 16.5. The highest BCUT2D eigenvalue weighted by Gasteiger charge is 2.22. The summed E-state index contributed by atoms with van der Waals surface area (Å²) >= 11 is 0. The average molecular weight is 389 g/mol. The van der Waals surface area contributed by atoms with E-state index in [-0.39, 0.29) is 12.5 Å². The molecule has 0 spiro atoms. The maximum atomic E-state index is 12.6. The highest BCUT2D eigenvalue weighted by Crippen LogP contribution is 2.18. The van der Waals surface area contributed by atoms with E-state index in [2.05, 4.69) is 5.10 Å². The normalized spacial score (nSPS) is 10.7. The zero-order chi connectivity index (χ0) is 20.5. The average Bonchev–Trinajstić information content (AvgIpc) is 3.01. The molecule has 0 N–H and O–H groups in total. The van der Waals surface area contributed by atoms with Crippen LogP contribution in [0.3, 0.4) is 0 Å². The Bertz CT molecular complexity index is 781. The fourth-order valence-corrected chi connectivity index (χ4v) is 2.81. The molecule has 8 nitrogen and oxygen atoms in total. The maximum absolute atomic E-state index is 12.6. The maximum Gasteiger partial charge on any atom is 0.342 e. The van der Waals surface area contributed by atoms with Gasteiger partial charge in [0.1, 0.15) is 5.56 Å². The van der Waals surface area contributed by atoms with Gasteiger partial charge in [0.2, 0.25) is 0 Å². The van der Waals surface area contributed by atoms with Crippen molar-refractivity contribution in [1.29, 1.82) is 0 Å². The van der Waals surface area contributed by atoms with E-state index in [1.54, 1.807) is 37.6 Å². The van der Waals surface area contributed by atoms with Crippen LogP contribution >= 0.6 is 0 Å². The minimum atomic E-state index is -0.566. The van der Waals surface area contributed by atoms with Crippen LogP contribution in [-0.2, 0) is 19.0 Å². The van der Waals surface area contributed by atoms with Gasteiger partial charge in [-0.2, -0.15) is 5.10 Å². The van der Waals surface area contributed by atoms with Crippen molar-refractivity contribution in [3.05, 3.63) is 47.3 Å². The van der Waals surface area contributed by atoms with E-state index in [4.69, 9.17) is 14.2 Å². The van der Waals surface area contributed by atoms with Gasteiger partial charge in [0, 0.05) is 27.3 Å². The van der Waals surface area contributed by atoms with Crippen molar-refractivity contribution in [2.45, 2.75) is 13.8 Å². The van der Waals surface area contributed by atoms with E-state index in [9.17, 15) is 9.59 Å². The standard InChI is InChI=1S/C20H27N3O5/c1-15-19(16(2)23(21-15)17-8-6-5-7-9-17)20(25)28-14-18(24)22(10-12-26-3)11-13-27-4/h5-9H,10-14H2,1-4H3. The van der Waals surface area contributed by atoms with Gasteiger partial charge in [0.15, 0.2) is 6.61 Å². The number of ether oxygens (including phenoxy) is 3. The van der Waals surface area contributed by atoms with Crippen LogP contribution in [0.5, 0.6) is 0 Å². The molecular formula is C20H27N3O5. The first-order valence-corrected chi connectivity index (χ1v) is 9.04. The molecule has 0 aliphatic carbocycles. The number of hydrogen-bond acceptors (Lipinski definition) is 6. The second-order valence-electron chi connectivity index (χ2n) is 6.24. The van der Waals surface area contributed by atoms with Gasteiger partial charge in [0.05, 0.1) is 30.3 Å². The zero-order valence-electron chi connectivity index (χ0n) is 16.8. The molecule has 1 aromatic heterocycles. The molecular weight excluding hydrogens is 362 g/mol. The van der Waals surface area contributed by atoms with E-state index in [1.165, 1.54) is 0 Å². The van der Waals surface area contributed by atoms with Gasteiger partial charge in [-0.1, -0.05) is 18.2 Å². The molecule has 0 saturated heterocycles. The van der Waals surface area contributed by atoms with Crippen LogP contribution in [0, 0.1) is 13.8 Å². The number of carbonyl (C=O) groups excluding carboxylic acids is 2. The number of benzene rings is 1. The van der Waals surface area contributed by atoms with Crippen LogP contribution in [-0.4, -0.2) is 73.7 Å². The van der Waals surface area contributed by atoms with Crippen molar-refractivity contribution in [2.24, 2.45) is 0 Å². The van der Waals surface area contributed by atoms with Crippen molar-refractivity contribution in [1.82, 2.24) is 14.7 Å². The summed E-state index contributed by atoms with van der Waals surface area (Å²) in [4.78, 5) is 26.5. The molecule has 2 rings (SSSR count). The number of amides is 1. The number of esters is 1. The van der Waals surface area contributed by atoms with Crippen LogP contribution < -0.4 is 0 Å². The Labute approximate surface area is 165 Å². The molecule has 1 aromatic carbocycles. The first-order chi connectivity index (χ1) is 13.5. The van der Waals surface area contributed by atoms with Crippen molar-refractivity contribution in [3.63, 3.8) is 0 Å². The van der Waals surface area contributed by atoms with Crippen molar-refractivity contribution < 1.29 is 23.8 Å². The Morgan fingerprint density at radius 1 is 1.04 bits per heavy atom. The van der Waals surface area contributed by atoms with Crippen LogP contribution in [0.2, 0.25) is 0 Å². The molecule has 0 fully saturated rings. The Hall–Kier alpha value is -2.71.